The lowest BCUT2D eigenvalue weighted by atomic mass is 9.74. The number of hydrogen-bond donors (Lipinski definition) is 0. The number of benzene rings is 1. The van der Waals surface area contributed by atoms with Crippen molar-refractivity contribution in [3.8, 4) is 0 Å². The second-order valence-corrected chi connectivity index (χ2v) is 7.10. The minimum absolute atomic E-state index is 0.116. The smallest absolute Gasteiger partial charge is 0.123 e. The summed E-state index contributed by atoms with van der Waals surface area (Å²) in [6.45, 7) is 4.64. The molecule has 0 spiro atoms. The fraction of sp³-hybridized carbons (Fsp3) is 0.625. The maximum atomic E-state index is 13.2. The van der Waals surface area contributed by atoms with Crippen molar-refractivity contribution in [1.29, 1.82) is 0 Å². The van der Waals surface area contributed by atoms with Gasteiger partial charge in [0.15, 0.2) is 0 Å². The van der Waals surface area contributed by atoms with E-state index in [-0.39, 0.29) is 5.82 Å². The van der Waals surface area contributed by atoms with Gasteiger partial charge in [-0.25, -0.2) is 4.39 Å². The summed E-state index contributed by atoms with van der Waals surface area (Å²) in [5.41, 5.74) is 1.13. The first-order valence-corrected chi connectivity index (χ1v) is 7.86. The zero-order valence-corrected chi connectivity index (χ0v) is 12.8. The SMILES string of the molecule is CC(C)C1CCC(Br)C(Cc2cccc(F)c2)C1. The molecule has 1 saturated carbocycles. The van der Waals surface area contributed by atoms with Crippen LogP contribution in [0.15, 0.2) is 24.3 Å². The van der Waals surface area contributed by atoms with Gasteiger partial charge in [-0.3, -0.25) is 0 Å². The van der Waals surface area contributed by atoms with Crippen molar-refractivity contribution in [2.45, 2.75) is 44.4 Å². The van der Waals surface area contributed by atoms with Crippen LogP contribution in [0.1, 0.15) is 38.7 Å². The first-order valence-electron chi connectivity index (χ1n) is 6.94. The number of rotatable bonds is 3. The number of hydrogen-bond acceptors (Lipinski definition) is 0. The first kappa shape index (κ1) is 14.0. The second-order valence-electron chi connectivity index (χ2n) is 5.93. The van der Waals surface area contributed by atoms with Crippen molar-refractivity contribution < 1.29 is 4.39 Å². The highest BCUT2D eigenvalue weighted by Crippen LogP contribution is 2.38. The molecule has 18 heavy (non-hydrogen) atoms. The third-order valence-corrected chi connectivity index (χ3v) is 5.47. The lowest BCUT2D eigenvalue weighted by molar-refractivity contribution is 0.222. The van der Waals surface area contributed by atoms with Crippen LogP contribution in [0.5, 0.6) is 0 Å². The maximum absolute atomic E-state index is 13.2. The van der Waals surface area contributed by atoms with E-state index in [1.165, 1.54) is 25.3 Å². The van der Waals surface area contributed by atoms with Crippen LogP contribution >= 0.6 is 15.9 Å². The molecule has 3 unspecified atom stereocenters. The molecule has 1 aliphatic carbocycles. The average Bonchev–Trinajstić information content (AvgIpc) is 2.31. The van der Waals surface area contributed by atoms with Crippen molar-refractivity contribution in [2.75, 3.05) is 0 Å². The standard InChI is InChI=1S/C16H22BrF/c1-11(2)13-6-7-16(17)14(10-13)8-12-4-3-5-15(18)9-12/h3-5,9,11,13-14,16H,6-8,10H2,1-2H3. The summed E-state index contributed by atoms with van der Waals surface area (Å²) < 4.78 is 13.2. The van der Waals surface area contributed by atoms with Crippen LogP contribution in [0.3, 0.4) is 0 Å². The van der Waals surface area contributed by atoms with Crippen LogP contribution in [0, 0.1) is 23.6 Å². The largest absolute Gasteiger partial charge is 0.207 e. The number of alkyl halides is 1. The Morgan fingerprint density at radius 1 is 1.33 bits per heavy atom. The molecule has 1 aromatic rings. The molecule has 0 saturated heterocycles. The van der Waals surface area contributed by atoms with Crippen molar-refractivity contribution in [1.82, 2.24) is 0 Å². The van der Waals surface area contributed by atoms with E-state index in [4.69, 9.17) is 0 Å². The Balaban J connectivity index is 2.02. The van der Waals surface area contributed by atoms with Crippen LogP contribution in [-0.4, -0.2) is 4.83 Å². The van der Waals surface area contributed by atoms with Crippen molar-refractivity contribution in [3.05, 3.63) is 35.6 Å². The zero-order valence-electron chi connectivity index (χ0n) is 11.2. The van der Waals surface area contributed by atoms with Gasteiger partial charge in [-0.2, -0.15) is 0 Å². The summed E-state index contributed by atoms with van der Waals surface area (Å²) in [5, 5.41) is 0. The van der Waals surface area contributed by atoms with Gasteiger partial charge in [0.05, 0.1) is 0 Å². The Labute approximate surface area is 118 Å². The average molecular weight is 313 g/mol. The summed E-state index contributed by atoms with van der Waals surface area (Å²) in [6, 6.07) is 7.06. The van der Waals surface area contributed by atoms with Gasteiger partial charge in [-0.1, -0.05) is 41.9 Å². The molecule has 0 aliphatic heterocycles. The molecule has 0 N–H and O–H groups in total. The number of halogens is 2. The monoisotopic (exact) mass is 312 g/mol. The maximum Gasteiger partial charge on any atom is 0.123 e. The Morgan fingerprint density at radius 2 is 2.11 bits per heavy atom. The quantitative estimate of drug-likeness (QED) is 0.673. The van der Waals surface area contributed by atoms with Gasteiger partial charge in [-0.05, 0) is 61.1 Å². The molecule has 0 nitrogen and oxygen atoms in total. The molecule has 1 aromatic carbocycles. The van der Waals surface area contributed by atoms with E-state index >= 15 is 0 Å². The minimum atomic E-state index is -0.116. The molecule has 1 fully saturated rings. The Morgan fingerprint density at radius 3 is 2.78 bits per heavy atom. The molecule has 2 heteroatoms. The van der Waals surface area contributed by atoms with E-state index in [1.807, 2.05) is 12.1 Å². The Bertz CT molecular complexity index is 388. The Hall–Kier alpha value is -0.370. The van der Waals surface area contributed by atoms with Gasteiger partial charge in [0, 0.05) is 4.83 Å². The highest BCUT2D eigenvalue weighted by molar-refractivity contribution is 9.09. The normalized spacial score (nSPS) is 28.6. The topological polar surface area (TPSA) is 0 Å². The van der Waals surface area contributed by atoms with Crippen LogP contribution in [0.2, 0.25) is 0 Å². The van der Waals surface area contributed by atoms with Crippen LogP contribution in [0.4, 0.5) is 4.39 Å². The molecule has 3 atom stereocenters. The van der Waals surface area contributed by atoms with Crippen LogP contribution < -0.4 is 0 Å². The van der Waals surface area contributed by atoms with E-state index in [0.717, 1.165) is 23.8 Å². The molecule has 0 aromatic heterocycles. The molecule has 0 amide bonds. The fourth-order valence-corrected chi connectivity index (χ4v) is 3.71. The predicted octanol–water partition coefficient (Wildman–Crippen LogP) is 5.20. The molecule has 0 heterocycles. The van der Waals surface area contributed by atoms with Gasteiger partial charge in [0.2, 0.25) is 0 Å². The predicted molar refractivity (Wildman–Crippen MR) is 78.5 cm³/mol. The summed E-state index contributed by atoms with van der Waals surface area (Å²) in [6.07, 6.45) is 4.84. The summed E-state index contributed by atoms with van der Waals surface area (Å²) in [7, 11) is 0. The summed E-state index contributed by atoms with van der Waals surface area (Å²) >= 11 is 3.81. The molecule has 100 valence electrons. The van der Waals surface area contributed by atoms with E-state index in [2.05, 4.69) is 29.8 Å². The van der Waals surface area contributed by atoms with Gasteiger partial charge in [0.25, 0.3) is 0 Å². The molecule has 0 radical (unpaired) electrons. The molecular formula is C16H22BrF. The van der Waals surface area contributed by atoms with E-state index in [9.17, 15) is 4.39 Å². The molecular weight excluding hydrogens is 291 g/mol. The summed E-state index contributed by atoms with van der Waals surface area (Å²) in [4.78, 5) is 0.593. The van der Waals surface area contributed by atoms with Crippen LogP contribution in [-0.2, 0) is 6.42 Å². The molecule has 1 aliphatic rings. The lowest BCUT2D eigenvalue weighted by Gasteiger charge is -2.35. The third kappa shape index (κ3) is 3.57. The van der Waals surface area contributed by atoms with Crippen molar-refractivity contribution in [3.63, 3.8) is 0 Å². The zero-order chi connectivity index (χ0) is 13.1. The fourth-order valence-electron chi connectivity index (χ4n) is 3.05. The highest BCUT2D eigenvalue weighted by Gasteiger charge is 2.30. The Kier molecular flexibility index (Phi) is 4.83. The van der Waals surface area contributed by atoms with Gasteiger partial charge >= 0.3 is 0 Å². The van der Waals surface area contributed by atoms with Crippen LogP contribution in [0.25, 0.3) is 0 Å². The highest BCUT2D eigenvalue weighted by atomic mass is 79.9. The minimum Gasteiger partial charge on any atom is -0.207 e. The van der Waals surface area contributed by atoms with Crippen molar-refractivity contribution in [2.24, 2.45) is 17.8 Å². The van der Waals surface area contributed by atoms with Gasteiger partial charge in [-0.15, -0.1) is 0 Å². The van der Waals surface area contributed by atoms with E-state index in [1.54, 1.807) is 6.07 Å². The van der Waals surface area contributed by atoms with Gasteiger partial charge < -0.3 is 0 Å². The second kappa shape index (κ2) is 6.18. The summed E-state index contributed by atoms with van der Waals surface area (Å²) in [5.74, 6) is 2.13. The van der Waals surface area contributed by atoms with E-state index < -0.39 is 0 Å². The molecule has 0 bridgehead atoms. The van der Waals surface area contributed by atoms with Crippen molar-refractivity contribution >= 4 is 15.9 Å². The lowest BCUT2D eigenvalue weighted by Crippen LogP contribution is -2.29. The van der Waals surface area contributed by atoms with Gasteiger partial charge in [0.1, 0.15) is 5.82 Å². The first-order chi connectivity index (χ1) is 8.56. The third-order valence-electron chi connectivity index (χ3n) is 4.26. The molecule has 2 rings (SSSR count). The van der Waals surface area contributed by atoms with E-state index in [0.29, 0.717) is 10.7 Å².